The zero-order valence-corrected chi connectivity index (χ0v) is 15.2. The Morgan fingerprint density at radius 2 is 2.24 bits per heavy atom. The zero-order chi connectivity index (χ0) is 18.0. The minimum absolute atomic E-state index is 0.0346. The van der Waals surface area contributed by atoms with Gasteiger partial charge in [-0.25, -0.2) is 0 Å². The number of aromatic amines is 1. The molecule has 0 saturated heterocycles. The molecule has 1 amide bonds. The highest BCUT2D eigenvalue weighted by atomic mass is 35.5. The van der Waals surface area contributed by atoms with Crippen molar-refractivity contribution in [1.82, 2.24) is 20.4 Å². The fourth-order valence-electron chi connectivity index (χ4n) is 3.03. The van der Waals surface area contributed by atoms with E-state index in [1.165, 1.54) is 17.5 Å². The van der Waals surface area contributed by atoms with Crippen molar-refractivity contribution >= 4 is 34.8 Å². The summed E-state index contributed by atoms with van der Waals surface area (Å²) in [6.45, 7) is 2.66. The van der Waals surface area contributed by atoms with Crippen molar-refractivity contribution in [3.63, 3.8) is 0 Å². The third kappa shape index (κ3) is 4.02. The number of likely N-dealkylation sites (N-methyl/N-ethyl adjacent to an activating group) is 1. The lowest BCUT2D eigenvalue weighted by Gasteiger charge is -2.42. The number of hydrogen-bond acceptors (Lipinski definition) is 5. The largest absolute Gasteiger partial charge is 0.480 e. The Labute approximate surface area is 154 Å². The number of carboxylic acid groups (broad SMARTS) is 1. The molecule has 2 aromatic heterocycles. The summed E-state index contributed by atoms with van der Waals surface area (Å²) >= 11 is 7.34. The van der Waals surface area contributed by atoms with Crippen LogP contribution in [0.1, 0.15) is 30.1 Å². The van der Waals surface area contributed by atoms with Crippen LogP contribution >= 0.6 is 22.9 Å². The number of thiophene rings is 1. The second kappa shape index (κ2) is 7.55. The van der Waals surface area contributed by atoms with E-state index in [0.29, 0.717) is 22.1 Å². The number of nitrogens with zero attached hydrogens (tertiary/aromatic N) is 2. The molecule has 3 N–H and O–H groups in total. The number of nitrogens with one attached hydrogen (secondary N) is 2. The maximum Gasteiger partial charge on any atom is 0.317 e. The molecule has 1 aliphatic rings. The lowest BCUT2D eigenvalue weighted by Crippen LogP contribution is -2.54. The molecule has 2 aromatic rings. The van der Waals surface area contributed by atoms with Gasteiger partial charge in [0, 0.05) is 12.1 Å². The maximum atomic E-state index is 12.5. The average molecular weight is 383 g/mol. The van der Waals surface area contributed by atoms with Crippen molar-refractivity contribution < 1.29 is 14.7 Å². The van der Waals surface area contributed by atoms with Gasteiger partial charge in [-0.05, 0) is 31.5 Å². The number of H-pyrrole nitrogens is 1. The summed E-state index contributed by atoms with van der Waals surface area (Å²) in [6.07, 6.45) is 3.02. The first kappa shape index (κ1) is 17.9. The topological polar surface area (TPSA) is 98.3 Å². The Morgan fingerprint density at radius 3 is 2.84 bits per heavy atom. The molecule has 3 rings (SSSR count). The molecule has 0 atom stereocenters. The molecular weight excluding hydrogens is 364 g/mol. The van der Waals surface area contributed by atoms with Crippen molar-refractivity contribution in [2.24, 2.45) is 0 Å². The van der Waals surface area contributed by atoms with Crippen LogP contribution in [-0.2, 0) is 4.79 Å². The Bertz CT molecular complexity index is 769. The molecule has 0 radical (unpaired) electrons. The summed E-state index contributed by atoms with van der Waals surface area (Å²) in [6, 6.07) is 3.88. The molecule has 134 valence electrons. The number of halogens is 1. The summed E-state index contributed by atoms with van der Waals surface area (Å²) in [5.74, 6) is -1.01. The minimum Gasteiger partial charge on any atom is -0.480 e. The van der Waals surface area contributed by atoms with Gasteiger partial charge in [0.2, 0.25) is 0 Å². The van der Waals surface area contributed by atoms with E-state index in [4.69, 9.17) is 16.7 Å². The van der Waals surface area contributed by atoms with Crippen molar-refractivity contribution in [2.45, 2.75) is 31.8 Å². The van der Waals surface area contributed by atoms with E-state index in [2.05, 4.69) is 15.5 Å². The molecule has 25 heavy (non-hydrogen) atoms. The smallest absolute Gasteiger partial charge is 0.317 e. The van der Waals surface area contributed by atoms with Crippen LogP contribution in [-0.4, -0.2) is 57.3 Å². The van der Waals surface area contributed by atoms with Crippen LogP contribution < -0.4 is 5.32 Å². The van der Waals surface area contributed by atoms with Crippen LogP contribution in [0.3, 0.4) is 0 Å². The minimum atomic E-state index is -0.827. The predicted octanol–water partition coefficient (Wildman–Crippen LogP) is 2.46. The molecule has 2 heterocycles. The number of carbonyl (C=O) groups excluding carboxylic acids is 1. The van der Waals surface area contributed by atoms with Gasteiger partial charge >= 0.3 is 5.97 Å². The van der Waals surface area contributed by atoms with Crippen LogP contribution in [0.15, 0.2) is 18.3 Å². The Morgan fingerprint density at radius 1 is 1.48 bits per heavy atom. The molecule has 0 spiro atoms. The molecular formula is C16H19ClN4O3S. The molecule has 0 bridgehead atoms. The molecule has 0 unspecified atom stereocenters. The molecule has 1 aliphatic carbocycles. The Hall–Kier alpha value is -1.90. The number of carboxylic acids is 1. The second-order valence-electron chi connectivity index (χ2n) is 6.01. The van der Waals surface area contributed by atoms with Gasteiger partial charge < -0.3 is 10.4 Å². The number of aliphatic carboxylic acids is 1. The first-order valence-electron chi connectivity index (χ1n) is 8.03. The van der Waals surface area contributed by atoms with E-state index in [1.54, 1.807) is 6.07 Å². The average Bonchev–Trinajstić information content (AvgIpc) is 3.16. The number of rotatable bonds is 7. The summed E-state index contributed by atoms with van der Waals surface area (Å²) < 4.78 is 0.649. The van der Waals surface area contributed by atoms with Gasteiger partial charge in [-0.3, -0.25) is 19.6 Å². The van der Waals surface area contributed by atoms with Crippen LogP contribution in [0.2, 0.25) is 4.34 Å². The molecule has 0 aromatic carbocycles. The lowest BCUT2D eigenvalue weighted by atomic mass is 9.85. The van der Waals surface area contributed by atoms with E-state index >= 15 is 0 Å². The van der Waals surface area contributed by atoms with Gasteiger partial charge in [0.1, 0.15) is 0 Å². The standard InChI is InChI=1S/C16H19ClN4O3S/c1-2-21(8-14(22)23)10-5-9(6-10)19-16(24)11-7-18-20-15(11)12-3-4-13(17)25-12/h3-4,7,9-10H,2,5-6,8H2,1H3,(H,18,20)(H,19,24)(H,22,23). The van der Waals surface area contributed by atoms with Crippen molar-refractivity contribution in [1.29, 1.82) is 0 Å². The van der Waals surface area contributed by atoms with Gasteiger partial charge in [-0.2, -0.15) is 5.10 Å². The molecule has 0 aliphatic heterocycles. The molecule has 1 saturated carbocycles. The highest BCUT2D eigenvalue weighted by Crippen LogP contribution is 2.32. The van der Waals surface area contributed by atoms with Crippen molar-refractivity contribution in [3.05, 3.63) is 28.2 Å². The first-order chi connectivity index (χ1) is 12.0. The third-order valence-electron chi connectivity index (χ3n) is 4.41. The van der Waals surface area contributed by atoms with Crippen LogP contribution in [0.4, 0.5) is 0 Å². The number of aromatic nitrogens is 2. The van der Waals surface area contributed by atoms with Crippen LogP contribution in [0.5, 0.6) is 0 Å². The quantitative estimate of drug-likeness (QED) is 0.683. The van der Waals surface area contributed by atoms with Gasteiger partial charge in [-0.1, -0.05) is 18.5 Å². The molecule has 9 heteroatoms. The molecule has 7 nitrogen and oxygen atoms in total. The Kier molecular flexibility index (Phi) is 5.41. The molecule has 1 fully saturated rings. The fraction of sp³-hybridized carbons (Fsp3) is 0.438. The van der Waals surface area contributed by atoms with E-state index in [1.807, 2.05) is 17.9 Å². The Balaban J connectivity index is 1.58. The highest BCUT2D eigenvalue weighted by Gasteiger charge is 2.35. The fourth-order valence-corrected chi connectivity index (χ4v) is 4.09. The van der Waals surface area contributed by atoms with Gasteiger partial charge in [0.15, 0.2) is 0 Å². The third-order valence-corrected chi connectivity index (χ3v) is 5.66. The highest BCUT2D eigenvalue weighted by molar-refractivity contribution is 7.19. The van der Waals surface area contributed by atoms with Gasteiger partial charge in [-0.15, -0.1) is 11.3 Å². The summed E-state index contributed by atoms with van der Waals surface area (Å²) in [5.41, 5.74) is 1.14. The summed E-state index contributed by atoms with van der Waals surface area (Å²) in [5, 5.41) is 18.8. The van der Waals surface area contributed by atoms with E-state index in [-0.39, 0.29) is 24.5 Å². The van der Waals surface area contributed by atoms with E-state index in [9.17, 15) is 9.59 Å². The second-order valence-corrected chi connectivity index (χ2v) is 7.73. The van der Waals surface area contributed by atoms with Crippen molar-refractivity contribution in [3.8, 4) is 10.6 Å². The number of carbonyl (C=O) groups is 2. The SMILES string of the molecule is CCN(CC(=O)O)C1CC(NC(=O)c2cn[nH]c2-c2ccc(Cl)s2)C1. The van der Waals surface area contributed by atoms with E-state index in [0.717, 1.165) is 17.7 Å². The monoisotopic (exact) mass is 382 g/mol. The van der Waals surface area contributed by atoms with Crippen LogP contribution in [0.25, 0.3) is 10.6 Å². The summed E-state index contributed by atoms with van der Waals surface area (Å²) in [7, 11) is 0. The van der Waals surface area contributed by atoms with Gasteiger partial charge in [0.25, 0.3) is 5.91 Å². The zero-order valence-electron chi connectivity index (χ0n) is 13.7. The first-order valence-corrected chi connectivity index (χ1v) is 9.23. The van der Waals surface area contributed by atoms with E-state index < -0.39 is 5.97 Å². The lowest BCUT2D eigenvalue weighted by molar-refractivity contribution is -0.139. The number of hydrogen-bond donors (Lipinski definition) is 3. The number of amides is 1. The van der Waals surface area contributed by atoms with Crippen LogP contribution in [0, 0.1) is 0 Å². The normalized spacial score (nSPS) is 19.6. The maximum absolute atomic E-state index is 12.5. The summed E-state index contributed by atoms with van der Waals surface area (Å²) in [4.78, 5) is 26.2. The predicted molar refractivity (Wildman–Crippen MR) is 96.1 cm³/mol. The van der Waals surface area contributed by atoms with Gasteiger partial charge in [0.05, 0.1) is 33.2 Å². The van der Waals surface area contributed by atoms with Crippen molar-refractivity contribution in [2.75, 3.05) is 13.1 Å².